The minimum Gasteiger partial charge on any atom is -0.363 e. The number of hydrogen-bond acceptors (Lipinski definition) is 4. The molecule has 0 atom stereocenters. The first-order chi connectivity index (χ1) is 9.79. The van der Waals surface area contributed by atoms with Crippen LogP contribution in [0, 0.1) is 6.92 Å². The summed E-state index contributed by atoms with van der Waals surface area (Å²) in [6.45, 7) is 4.99. The highest BCUT2D eigenvalue weighted by Gasteiger charge is 2.07. The lowest BCUT2D eigenvalue weighted by atomic mass is 10.1. The van der Waals surface area contributed by atoms with Crippen LogP contribution in [-0.4, -0.2) is 10.2 Å². The normalized spacial score (nSPS) is 10.9. The molecule has 3 nitrogen and oxygen atoms in total. The number of hydrogen-bond donors (Lipinski definition) is 1. The maximum absolute atomic E-state index is 4.30. The first-order valence-corrected chi connectivity index (χ1v) is 7.68. The van der Waals surface area contributed by atoms with E-state index in [-0.39, 0.29) is 0 Å². The SMILES string of the molecule is CCc1ccsc1CNc1nnc(C)c2ccccc12. The van der Waals surface area contributed by atoms with Gasteiger partial charge in [0, 0.05) is 15.6 Å². The molecule has 0 aliphatic rings. The Balaban J connectivity index is 1.90. The third-order valence-electron chi connectivity index (χ3n) is 3.51. The Bertz CT molecular complexity index is 733. The number of aryl methyl sites for hydroxylation is 2. The highest BCUT2D eigenvalue weighted by Crippen LogP contribution is 2.24. The molecule has 0 saturated carbocycles. The van der Waals surface area contributed by atoms with Crippen LogP contribution in [0.15, 0.2) is 35.7 Å². The van der Waals surface area contributed by atoms with Crippen molar-refractivity contribution < 1.29 is 0 Å². The molecule has 2 aromatic heterocycles. The van der Waals surface area contributed by atoms with Crippen LogP contribution in [0.25, 0.3) is 10.8 Å². The van der Waals surface area contributed by atoms with Crippen molar-refractivity contribution in [3.63, 3.8) is 0 Å². The van der Waals surface area contributed by atoms with Gasteiger partial charge in [-0.3, -0.25) is 0 Å². The molecule has 20 heavy (non-hydrogen) atoms. The van der Waals surface area contributed by atoms with Gasteiger partial charge in [-0.25, -0.2) is 0 Å². The smallest absolute Gasteiger partial charge is 0.156 e. The minimum absolute atomic E-state index is 0.808. The van der Waals surface area contributed by atoms with Crippen LogP contribution in [0.4, 0.5) is 5.82 Å². The fourth-order valence-corrected chi connectivity index (χ4v) is 3.29. The molecule has 0 unspecified atom stereocenters. The van der Waals surface area contributed by atoms with Crippen LogP contribution >= 0.6 is 11.3 Å². The van der Waals surface area contributed by atoms with Gasteiger partial charge in [0.2, 0.25) is 0 Å². The van der Waals surface area contributed by atoms with E-state index in [0.717, 1.165) is 35.2 Å². The highest BCUT2D eigenvalue weighted by atomic mass is 32.1. The predicted octanol–water partition coefficient (Wildman–Crippen LogP) is 4.17. The maximum atomic E-state index is 4.30. The van der Waals surface area contributed by atoms with E-state index in [9.17, 15) is 0 Å². The van der Waals surface area contributed by atoms with E-state index < -0.39 is 0 Å². The third kappa shape index (κ3) is 2.39. The van der Waals surface area contributed by atoms with Crippen molar-refractivity contribution >= 4 is 27.9 Å². The Hall–Kier alpha value is -1.94. The summed E-state index contributed by atoms with van der Waals surface area (Å²) < 4.78 is 0. The molecule has 1 aromatic carbocycles. The molecule has 0 aliphatic heterocycles. The van der Waals surface area contributed by atoms with Crippen LogP contribution in [-0.2, 0) is 13.0 Å². The number of benzene rings is 1. The van der Waals surface area contributed by atoms with Gasteiger partial charge in [-0.2, -0.15) is 5.10 Å². The van der Waals surface area contributed by atoms with E-state index in [4.69, 9.17) is 0 Å². The lowest BCUT2D eigenvalue weighted by molar-refractivity contribution is 0.981. The van der Waals surface area contributed by atoms with Crippen molar-refractivity contribution in [1.82, 2.24) is 10.2 Å². The molecular weight excluding hydrogens is 266 g/mol. The summed E-state index contributed by atoms with van der Waals surface area (Å²) in [6.07, 6.45) is 1.07. The maximum Gasteiger partial charge on any atom is 0.156 e. The Morgan fingerprint density at radius 3 is 2.70 bits per heavy atom. The van der Waals surface area contributed by atoms with Crippen LogP contribution in [0.2, 0.25) is 0 Å². The molecule has 0 bridgehead atoms. The third-order valence-corrected chi connectivity index (χ3v) is 4.47. The zero-order valence-electron chi connectivity index (χ0n) is 11.7. The average Bonchev–Trinajstić information content (AvgIpc) is 2.94. The number of rotatable bonds is 4. The number of thiophene rings is 1. The van der Waals surface area contributed by atoms with Crippen LogP contribution in [0.1, 0.15) is 23.1 Å². The molecule has 4 heteroatoms. The molecular formula is C16H17N3S. The van der Waals surface area contributed by atoms with Crippen molar-refractivity contribution in [3.05, 3.63) is 51.8 Å². The van der Waals surface area contributed by atoms with Crippen molar-refractivity contribution in [2.45, 2.75) is 26.8 Å². The summed E-state index contributed by atoms with van der Waals surface area (Å²) in [6, 6.07) is 10.5. The Morgan fingerprint density at radius 1 is 1.10 bits per heavy atom. The predicted molar refractivity (Wildman–Crippen MR) is 85.3 cm³/mol. The zero-order chi connectivity index (χ0) is 13.9. The number of anilines is 1. The number of fused-ring (bicyclic) bond motifs is 1. The largest absolute Gasteiger partial charge is 0.363 e. The van der Waals surface area contributed by atoms with E-state index in [1.807, 2.05) is 19.1 Å². The minimum atomic E-state index is 0.808. The van der Waals surface area contributed by atoms with Crippen LogP contribution < -0.4 is 5.32 Å². The van der Waals surface area contributed by atoms with Gasteiger partial charge in [-0.1, -0.05) is 31.2 Å². The monoisotopic (exact) mass is 283 g/mol. The van der Waals surface area contributed by atoms with E-state index in [0.29, 0.717) is 0 Å². The van der Waals surface area contributed by atoms with Crippen LogP contribution in [0.3, 0.4) is 0 Å². The molecule has 1 N–H and O–H groups in total. The van der Waals surface area contributed by atoms with Crippen molar-refractivity contribution in [2.24, 2.45) is 0 Å². The molecule has 2 heterocycles. The second kappa shape index (κ2) is 5.59. The average molecular weight is 283 g/mol. The first kappa shape index (κ1) is 13.1. The molecule has 0 amide bonds. The highest BCUT2D eigenvalue weighted by molar-refractivity contribution is 7.10. The van der Waals surface area contributed by atoms with Gasteiger partial charge in [0.25, 0.3) is 0 Å². The first-order valence-electron chi connectivity index (χ1n) is 6.80. The number of nitrogens with zero attached hydrogens (tertiary/aromatic N) is 2. The lowest BCUT2D eigenvalue weighted by Gasteiger charge is -2.09. The molecule has 0 radical (unpaired) electrons. The fourth-order valence-electron chi connectivity index (χ4n) is 2.37. The molecule has 0 aliphatic carbocycles. The van der Waals surface area contributed by atoms with Gasteiger partial charge in [0.1, 0.15) is 0 Å². The van der Waals surface area contributed by atoms with Crippen molar-refractivity contribution in [2.75, 3.05) is 5.32 Å². The Kier molecular flexibility index (Phi) is 3.65. The molecule has 0 saturated heterocycles. The van der Waals surface area contributed by atoms with Crippen molar-refractivity contribution in [3.8, 4) is 0 Å². The van der Waals surface area contributed by atoms with Gasteiger partial charge in [-0.15, -0.1) is 16.4 Å². The second-order valence-corrected chi connectivity index (χ2v) is 5.76. The molecule has 0 fully saturated rings. The van der Waals surface area contributed by atoms with Gasteiger partial charge in [-0.05, 0) is 30.4 Å². The summed E-state index contributed by atoms with van der Waals surface area (Å²) in [4.78, 5) is 1.37. The second-order valence-electron chi connectivity index (χ2n) is 4.76. The van der Waals surface area contributed by atoms with Gasteiger partial charge < -0.3 is 5.32 Å². The summed E-state index contributed by atoms with van der Waals surface area (Å²) in [5.74, 6) is 0.863. The summed E-state index contributed by atoms with van der Waals surface area (Å²) in [5, 5.41) is 16.4. The topological polar surface area (TPSA) is 37.8 Å². The van der Waals surface area contributed by atoms with E-state index >= 15 is 0 Å². The Morgan fingerprint density at radius 2 is 1.90 bits per heavy atom. The van der Waals surface area contributed by atoms with Crippen molar-refractivity contribution in [1.29, 1.82) is 0 Å². The van der Waals surface area contributed by atoms with Gasteiger partial charge in [0.15, 0.2) is 5.82 Å². The molecule has 3 aromatic rings. The summed E-state index contributed by atoms with van der Waals surface area (Å²) >= 11 is 1.79. The fraction of sp³-hybridized carbons (Fsp3) is 0.250. The van der Waals surface area contributed by atoms with E-state index in [1.54, 1.807) is 11.3 Å². The lowest BCUT2D eigenvalue weighted by Crippen LogP contribution is -2.04. The summed E-state index contributed by atoms with van der Waals surface area (Å²) in [5.41, 5.74) is 2.38. The Labute approximate surface area is 122 Å². The van der Waals surface area contributed by atoms with E-state index in [1.165, 1.54) is 10.4 Å². The molecule has 0 spiro atoms. The number of nitrogens with one attached hydrogen (secondary N) is 1. The molecule has 3 rings (SSSR count). The van der Waals surface area contributed by atoms with Crippen LogP contribution in [0.5, 0.6) is 0 Å². The van der Waals surface area contributed by atoms with Gasteiger partial charge in [0.05, 0.1) is 12.2 Å². The molecule has 102 valence electrons. The standard InChI is InChI=1S/C16H17N3S/c1-3-12-8-9-20-15(12)10-17-16-14-7-5-4-6-13(14)11(2)18-19-16/h4-9H,3,10H2,1-2H3,(H,17,19). The zero-order valence-corrected chi connectivity index (χ0v) is 12.5. The number of aromatic nitrogens is 2. The quantitative estimate of drug-likeness (QED) is 0.780. The summed E-state index contributed by atoms with van der Waals surface area (Å²) in [7, 11) is 0. The van der Waals surface area contributed by atoms with E-state index in [2.05, 4.69) is 46.0 Å². The van der Waals surface area contributed by atoms with Gasteiger partial charge >= 0.3 is 0 Å².